The van der Waals surface area contributed by atoms with Gasteiger partial charge in [0.15, 0.2) is 0 Å². The first-order chi connectivity index (χ1) is 16.7. The Labute approximate surface area is 202 Å². The summed E-state index contributed by atoms with van der Waals surface area (Å²) in [5.41, 5.74) is 0.730. The van der Waals surface area contributed by atoms with Crippen molar-refractivity contribution in [2.75, 3.05) is 58.4 Å². The Balaban J connectivity index is 0.000000641. The van der Waals surface area contributed by atoms with Gasteiger partial charge < -0.3 is 34.8 Å². The first-order valence-corrected chi connectivity index (χ1v) is 10.9. The number of carboxylic acid groups (broad SMARTS) is 2. The molecule has 2 fully saturated rings. The highest BCUT2D eigenvalue weighted by Gasteiger charge is 2.30. The second kappa shape index (κ2) is 13.0. The zero-order valence-corrected chi connectivity index (χ0v) is 19.6. The number of methoxy groups -OCH3 is 2. The van der Waals surface area contributed by atoms with Crippen LogP contribution in [-0.4, -0.2) is 103 Å². The predicted octanol–water partition coefficient (Wildman–Crippen LogP) is 0.206. The van der Waals surface area contributed by atoms with E-state index in [4.69, 9.17) is 34.5 Å². The highest BCUT2D eigenvalue weighted by atomic mass is 16.5. The van der Waals surface area contributed by atoms with Crippen molar-refractivity contribution in [1.82, 2.24) is 15.1 Å². The lowest BCUT2D eigenvalue weighted by atomic mass is 10.2. The SMILES string of the molecule is COc1cc(OC)cc(N2CCN(CCNCC(=O)N3CCC[C@@H]3C#N)C2=O)c1.O=C(O)C(=O)O. The molecule has 1 aromatic carbocycles. The molecule has 1 aromatic rings. The van der Waals surface area contributed by atoms with Crippen LogP contribution in [0.4, 0.5) is 10.5 Å². The summed E-state index contributed by atoms with van der Waals surface area (Å²) >= 11 is 0. The summed E-state index contributed by atoms with van der Waals surface area (Å²) < 4.78 is 10.6. The monoisotopic (exact) mass is 491 g/mol. The molecule has 0 radical (unpaired) electrons. The van der Waals surface area contributed by atoms with E-state index in [2.05, 4.69) is 11.4 Å². The van der Waals surface area contributed by atoms with E-state index in [-0.39, 0.29) is 24.5 Å². The number of carbonyl (C=O) groups excluding carboxylic acids is 2. The van der Waals surface area contributed by atoms with Gasteiger partial charge in [-0.2, -0.15) is 5.26 Å². The Bertz CT molecular complexity index is 945. The molecule has 13 nitrogen and oxygen atoms in total. The Morgan fingerprint density at radius 3 is 2.26 bits per heavy atom. The number of carboxylic acids is 2. The van der Waals surface area contributed by atoms with Gasteiger partial charge in [-0.05, 0) is 12.8 Å². The number of nitrogens with zero attached hydrogens (tertiary/aromatic N) is 4. The zero-order valence-electron chi connectivity index (χ0n) is 19.6. The molecule has 0 aromatic heterocycles. The lowest BCUT2D eigenvalue weighted by Gasteiger charge is -2.21. The average Bonchev–Trinajstić information content (AvgIpc) is 3.48. The van der Waals surface area contributed by atoms with Gasteiger partial charge in [0, 0.05) is 50.9 Å². The molecule has 2 saturated heterocycles. The van der Waals surface area contributed by atoms with E-state index in [9.17, 15) is 9.59 Å². The maximum Gasteiger partial charge on any atom is 0.414 e. The van der Waals surface area contributed by atoms with E-state index in [1.54, 1.807) is 35.0 Å². The number of rotatable bonds is 8. The first-order valence-electron chi connectivity index (χ1n) is 10.9. The smallest absolute Gasteiger partial charge is 0.414 e. The number of urea groups is 1. The minimum atomic E-state index is -1.82. The number of carbonyl (C=O) groups is 4. The summed E-state index contributed by atoms with van der Waals surface area (Å²) in [6, 6.07) is 7.16. The maximum atomic E-state index is 12.8. The van der Waals surface area contributed by atoms with Crippen molar-refractivity contribution in [2.45, 2.75) is 18.9 Å². The lowest BCUT2D eigenvalue weighted by Crippen LogP contribution is -2.43. The van der Waals surface area contributed by atoms with Gasteiger partial charge >= 0.3 is 18.0 Å². The van der Waals surface area contributed by atoms with Crippen LogP contribution in [0.15, 0.2) is 18.2 Å². The molecule has 35 heavy (non-hydrogen) atoms. The molecule has 2 aliphatic rings. The van der Waals surface area contributed by atoms with Gasteiger partial charge in [0.25, 0.3) is 0 Å². The fourth-order valence-corrected chi connectivity index (χ4v) is 3.69. The molecule has 13 heteroatoms. The fraction of sp³-hybridized carbons (Fsp3) is 0.500. The minimum Gasteiger partial charge on any atom is -0.497 e. The Morgan fingerprint density at radius 2 is 1.71 bits per heavy atom. The van der Waals surface area contributed by atoms with Crippen molar-refractivity contribution in [3.05, 3.63) is 18.2 Å². The summed E-state index contributed by atoms with van der Waals surface area (Å²) in [4.78, 5) is 48.3. The summed E-state index contributed by atoms with van der Waals surface area (Å²) in [5.74, 6) is -2.45. The van der Waals surface area contributed by atoms with Crippen molar-refractivity contribution in [1.29, 1.82) is 5.26 Å². The van der Waals surface area contributed by atoms with E-state index in [0.717, 1.165) is 18.5 Å². The molecular formula is C22H29N5O8. The second-order valence-corrected chi connectivity index (χ2v) is 7.65. The third-order valence-corrected chi connectivity index (χ3v) is 5.48. The zero-order chi connectivity index (χ0) is 26.0. The van der Waals surface area contributed by atoms with E-state index < -0.39 is 11.9 Å². The quantitative estimate of drug-likeness (QED) is 0.337. The van der Waals surface area contributed by atoms with Crippen molar-refractivity contribution < 1.29 is 38.9 Å². The number of nitrogens with one attached hydrogen (secondary N) is 1. The normalized spacial score (nSPS) is 16.9. The summed E-state index contributed by atoms with van der Waals surface area (Å²) in [6.07, 6.45) is 1.62. The van der Waals surface area contributed by atoms with Crippen LogP contribution in [-0.2, 0) is 14.4 Å². The molecule has 2 aliphatic heterocycles. The van der Waals surface area contributed by atoms with Crippen molar-refractivity contribution in [2.24, 2.45) is 0 Å². The third-order valence-electron chi connectivity index (χ3n) is 5.48. The Hall–Kier alpha value is -4.05. The molecule has 0 saturated carbocycles. The second-order valence-electron chi connectivity index (χ2n) is 7.65. The number of amides is 3. The standard InChI is InChI=1S/C20H27N5O4.C2H2O4/c1-28-17-10-16(11-18(12-17)29-2)25-9-8-23(20(25)27)7-5-22-14-19(26)24-6-3-4-15(24)13-21;3-1(4)2(5)6/h10-12,15,22H,3-9,14H2,1-2H3;(H,3,4)(H,5,6)/t15-;/m1./s1. The summed E-state index contributed by atoms with van der Waals surface area (Å²) in [7, 11) is 3.15. The minimum absolute atomic E-state index is 0.0631. The van der Waals surface area contributed by atoms with Crippen molar-refractivity contribution in [3.8, 4) is 17.6 Å². The molecular weight excluding hydrogens is 462 g/mol. The molecule has 3 amide bonds. The summed E-state index contributed by atoms with van der Waals surface area (Å²) in [5, 5.41) is 27.0. The highest BCUT2D eigenvalue weighted by molar-refractivity contribution is 6.27. The fourth-order valence-electron chi connectivity index (χ4n) is 3.69. The molecule has 3 rings (SSSR count). The maximum absolute atomic E-state index is 12.8. The van der Waals surface area contributed by atoms with Gasteiger partial charge in [0.1, 0.15) is 17.5 Å². The molecule has 0 aliphatic carbocycles. The lowest BCUT2D eigenvalue weighted by molar-refractivity contribution is -0.159. The van der Waals surface area contributed by atoms with Gasteiger partial charge in [0.2, 0.25) is 5.91 Å². The van der Waals surface area contributed by atoms with E-state index >= 15 is 0 Å². The number of benzene rings is 1. The number of likely N-dealkylation sites (tertiary alicyclic amines) is 1. The Morgan fingerprint density at radius 1 is 1.09 bits per heavy atom. The third kappa shape index (κ3) is 7.47. The van der Waals surface area contributed by atoms with Gasteiger partial charge in [-0.3, -0.25) is 9.69 Å². The van der Waals surface area contributed by atoms with E-state index in [1.807, 2.05) is 12.1 Å². The number of anilines is 1. The molecule has 0 bridgehead atoms. The number of nitriles is 1. The van der Waals surface area contributed by atoms with Crippen LogP contribution in [0.5, 0.6) is 11.5 Å². The molecule has 190 valence electrons. The van der Waals surface area contributed by atoms with Crippen LogP contribution >= 0.6 is 0 Å². The average molecular weight is 492 g/mol. The Kier molecular flexibility index (Phi) is 10.1. The summed E-state index contributed by atoms with van der Waals surface area (Å²) in [6.45, 7) is 3.02. The van der Waals surface area contributed by atoms with Crippen LogP contribution in [0, 0.1) is 11.3 Å². The van der Waals surface area contributed by atoms with Crippen LogP contribution < -0.4 is 19.7 Å². The number of hydrogen-bond donors (Lipinski definition) is 3. The molecule has 0 spiro atoms. The molecule has 0 unspecified atom stereocenters. The van der Waals surface area contributed by atoms with E-state index in [0.29, 0.717) is 44.2 Å². The number of hydrogen-bond acceptors (Lipinski definition) is 8. The predicted molar refractivity (Wildman–Crippen MR) is 122 cm³/mol. The largest absolute Gasteiger partial charge is 0.497 e. The van der Waals surface area contributed by atoms with E-state index in [1.165, 1.54) is 0 Å². The number of aliphatic carboxylic acids is 2. The first kappa shape index (κ1) is 27.2. The topological polar surface area (TPSA) is 173 Å². The van der Waals surface area contributed by atoms with Crippen LogP contribution in [0.25, 0.3) is 0 Å². The van der Waals surface area contributed by atoms with Crippen LogP contribution in [0.2, 0.25) is 0 Å². The van der Waals surface area contributed by atoms with Gasteiger partial charge in [0.05, 0.1) is 32.5 Å². The van der Waals surface area contributed by atoms with Gasteiger partial charge in [-0.25, -0.2) is 14.4 Å². The van der Waals surface area contributed by atoms with Crippen LogP contribution in [0.3, 0.4) is 0 Å². The van der Waals surface area contributed by atoms with Crippen LogP contribution in [0.1, 0.15) is 12.8 Å². The highest BCUT2D eigenvalue weighted by Crippen LogP contribution is 2.30. The van der Waals surface area contributed by atoms with Gasteiger partial charge in [-0.15, -0.1) is 0 Å². The molecule has 2 heterocycles. The molecule has 1 atom stereocenters. The molecule has 3 N–H and O–H groups in total. The number of ether oxygens (including phenoxy) is 2. The van der Waals surface area contributed by atoms with Crippen molar-refractivity contribution >= 4 is 29.6 Å². The van der Waals surface area contributed by atoms with Crippen molar-refractivity contribution in [3.63, 3.8) is 0 Å². The van der Waals surface area contributed by atoms with Gasteiger partial charge in [-0.1, -0.05) is 0 Å².